The zero-order chi connectivity index (χ0) is 18.4. The molecular formula is C21H18BrNO3. The second-order valence-electron chi connectivity index (χ2n) is 5.76. The zero-order valence-electron chi connectivity index (χ0n) is 14.0. The fraction of sp³-hybridized carbons (Fsp3) is 0.0952. The molecule has 0 bridgehead atoms. The Morgan fingerprint density at radius 2 is 1.73 bits per heavy atom. The number of nitrogens with one attached hydrogen (secondary N) is 1. The summed E-state index contributed by atoms with van der Waals surface area (Å²) in [6, 6.07) is 22.6. The maximum atomic E-state index is 10.9. The number of ether oxygens (including phenoxy) is 1. The number of halogens is 1. The summed E-state index contributed by atoms with van der Waals surface area (Å²) in [5.41, 5.74) is 3.26. The second-order valence-corrected chi connectivity index (χ2v) is 6.68. The van der Waals surface area contributed by atoms with Crippen LogP contribution in [0.5, 0.6) is 5.75 Å². The van der Waals surface area contributed by atoms with E-state index in [1.807, 2.05) is 48.5 Å². The van der Waals surface area contributed by atoms with E-state index in [2.05, 4.69) is 21.2 Å². The summed E-state index contributed by atoms with van der Waals surface area (Å²) in [4.78, 5) is 10.9. The first kappa shape index (κ1) is 18.0. The lowest BCUT2D eigenvalue weighted by atomic mass is 10.1. The molecule has 0 aromatic heterocycles. The van der Waals surface area contributed by atoms with Gasteiger partial charge in [-0.2, -0.15) is 0 Å². The van der Waals surface area contributed by atoms with E-state index in [0.717, 1.165) is 27.0 Å². The van der Waals surface area contributed by atoms with Crippen molar-refractivity contribution in [2.45, 2.75) is 13.2 Å². The summed E-state index contributed by atoms with van der Waals surface area (Å²) in [7, 11) is 0. The highest BCUT2D eigenvalue weighted by Crippen LogP contribution is 2.25. The fourth-order valence-electron chi connectivity index (χ4n) is 2.48. The number of para-hydroxylation sites is 1. The molecule has 0 unspecified atom stereocenters. The molecule has 0 fully saturated rings. The topological polar surface area (TPSA) is 58.6 Å². The van der Waals surface area contributed by atoms with Gasteiger partial charge < -0.3 is 15.2 Å². The van der Waals surface area contributed by atoms with Crippen LogP contribution in [-0.2, 0) is 13.2 Å². The van der Waals surface area contributed by atoms with Crippen molar-refractivity contribution in [1.82, 2.24) is 0 Å². The normalized spacial score (nSPS) is 10.3. The molecule has 26 heavy (non-hydrogen) atoms. The van der Waals surface area contributed by atoms with Crippen LogP contribution in [0.2, 0.25) is 0 Å². The monoisotopic (exact) mass is 411 g/mol. The van der Waals surface area contributed by atoms with Crippen LogP contribution in [-0.4, -0.2) is 11.1 Å². The lowest BCUT2D eigenvalue weighted by Gasteiger charge is -2.14. The van der Waals surface area contributed by atoms with Crippen molar-refractivity contribution in [3.63, 3.8) is 0 Å². The third-order valence-corrected chi connectivity index (χ3v) is 4.37. The third-order valence-electron chi connectivity index (χ3n) is 3.87. The van der Waals surface area contributed by atoms with Crippen LogP contribution in [0.1, 0.15) is 21.5 Å². The average Bonchev–Trinajstić information content (AvgIpc) is 2.66. The standard InChI is InChI=1S/C21H18BrNO3/c22-18-10-11-20(17(12-18)13-23-19-4-2-1-3-5-19)26-14-15-6-8-16(9-7-15)21(24)25/h1-12,23H,13-14H2,(H,24,25). The molecule has 0 heterocycles. The van der Waals surface area contributed by atoms with Crippen LogP contribution in [0, 0.1) is 0 Å². The van der Waals surface area contributed by atoms with Gasteiger partial charge in [-0.1, -0.05) is 46.3 Å². The Morgan fingerprint density at radius 1 is 1.00 bits per heavy atom. The number of rotatable bonds is 7. The molecule has 0 aliphatic heterocycles. The molecule has 5 heteroatoms. The van der Waals surface area contributed by atoms with Gasteiger partial charge in [0.05, 0.1) is 5.56 Å². The molecule has 0 radical (unpaired) electrons. The minimum Gasteiger partial charge on any atom is -0.489 e. The molecule has 0 aliphatic carbocycles. The molecule has 3 aromatic carbocycles. The predicted octanol–water partition coefficient (Wildman–Crippen LogP) is 5.34. The maximum Gasteiger partial charge on any atom is 0.335 e. The highest BCUT2D eigenvalue weighted by atomic mass is 79.9. The number of hydrogen-bond donors (Lipinski definition) is 2. The Hall–Kier alpha value is -2.79. The molecule has 0 amide bonds. The Labute approximate surface area is 160 Å². The van der Waals surface area contributed by atoms with Gasteiger partial charge >= 0.3 is 5.97 Å². The van der Waals surface area contributed by atoms with Crippen molar-refractivity contribution >= 4 is 27.6 Å². The number of anilines is 1. The van der Waals surface area contributed by atoms with E-state index >= 15 is 0 Å². The number of benzene rings is 3. The highest BCUT2D eigenvalue weighted by Gasteiger charge is 2.07. The van der Waals surface area contributed by atoms with Crippen molar-refractivity contribution in [3.05, 3.63) is 94.0 Å². The van der Waals surface area contributed by atoms with E-state index in [4.69, 9.17) is 9.84 Å². The molecule has 0 spiro atoms. The molecule has 0 saturated carbocycles. The SMILES string of the molecule is O=C(O)c1ccc(COc2ccc(Br)cc2CNc2ccccc2)cc1. The number of aromatic carboxylic acids is 1. The lowest BCUT2D eigenvalue weighted by molar-refractivity contribution is 0.0697. The Bertz CT molecular complexity index is 880. The quantitative estimate of drug-likeness (QED) is 0.550. The predicted molar refractivity (Wildman–Crippen MR) is 106 cm³/mol. The second kappa shape index (κ2) is 8.54. The van der Waals surface area contributed by atoms with E-state index in [-0.39, 0.29) is 5.56 Å². The van der Waals surface area contributed by atoms with Gasteiger partial charge in [-0.25, -0.2) is 4.79 Å². The minimum atomic E-state index is -0.931. The smallest absolute Gasteiger partial charge is 0.335 e. The average molecular weight is 412 g/mol. The Morgan fingerprint density at radius 3 is 2.42 bits per heavy atom. The molecule has 3 rings (SSSR count). The lowest BCUT2D eigenvalue weighted by Crippen LogP contribution is -2.04. The molecule has 0 aliphatic rings. The molecule has 3 aromatic rings. The number of hydrogen-bond acceptors (Lipinski definition) is 3. The molecule has 132 valence electrons. The number of carbonyl (C=O) groups is 1. The zero-order valence-corrected chi connectivity index (χ0v) is 15.6. The van der Waals surface area contributed by atoms with E-state index in [9.17, 15) is 4.79 Å². The van der Waals surface area contributed by atoms with E-state index in [1.165, 1.54) is 0 Å². The van der Waals surface area contributed by atoms with Crippen LogP contribution < -0.4 is 10.1 Å². The van der Waals surface area contributed by atoms with Gasteiger partial charge in [0, 0.05) is 22.3 Å². The van der Waals surface area contributed by atoms with Crippen LogP contribution in [0.15, 0.2) is 77.3 Å². The van der Waals surface area contributed by atoms with Gasteiger partial charge in [-0.15, -0.1) is 0 Å². The largest absolute Gasteiger partial charge is 0.489 e. The maximum absolute atomic E-state index is 10.9. The van der Waals surface area contributed by atoms with Gasteiger partial charge in [-0.3, -0.25) is 0 Å². The Kier molecular flexibility index (Phi) is 5.92. The first-order valence-electron chi connectivity index (χ1n) is 8.14. The summed E-state index contributed by atoms with van der Waals surface area (Å²) in [5.74, 6) is -0.140. The van der Waals surface area contributed by atoms with Gasteiger partial charge in [0.2, 0.25) is 0 Å². The van der Waals surface area contributed by atoms with E-state index in [1.54, 1.807) is 24.3 Å². The number of carboxylic acid groups (broad SMARTS) is 1. The van der Waals surface area contributed by atoms with Gasteiger partial charge in [0.1, 0.15) is 12.4 Å². The van der Waals surface area contributed by atoms with E-state index in [0.29, 0.717) is 13.2 Å². The number of carboxylic acids is 1. The minimum absolute atomic E-state index is 0.269. The molecule has 0 atom stereocenters. The Balaban J connectivity index is 1.68. The third kappa shape index (κ3) is 4.86. The van der Waals surface area contributed by atoms with Crippen LogP contribution in [0.4, 0.5) is 5.69 Å². The summed E-state index contributed by atoms with van der Waals surface area (Å²) >= 11 is 3.50. The van der Waals surface area contributed by atoms with Crippen molar-refractivity contribution in [3.8, 4) is 5.75 Å². The fourth-order valence-corrected chi connectivity index (χ4v) is 2.89. The van der Waals surface area contributed by atoms with Crippen LogP contribution in [0.3, 0.4) is 0 Å². The molecular weight excluding hydrogens is 394 g/mol. The van der Waals surface area contributed by atoms with Gasteiger partial charge in [0.15, 0.2) is 0 Å². The van der Waals surface area contributed by atoms with Gasteiger partial charge in [0.25, 0.3) is 0 Å². The summed E-state index contributed by atoms with van der Waals surface area (Å²) in [5, 5.41) is 12.3. The first-order chi connectivity index (χ1) is 12.6. The molecule has 2 N–H and O–H groups in total. The van der Waals surface area contributed by atoms with E-state index < -0.39 is 5.97 Å². The van der Waals surface area contributed by atoms with Gasteiger partial charge in [-0.05, 0) is 48.0 Å². The van der Waals surface area contributed by atoms with Crippen molar-refractivity contribution in [2.24, 2.45) is 0 Å². The van der Waals surface area contributed by atoms with Crippen molar-refractivity contribution in [1.29, 1.82) is 0 Å². The molecule has 0 saturated heterocycles. The summed E-state index contributed by atoms with van der Waals surface area (Å²) in [6.07, 6.45) is 0. The summed E-state index contributed by atoms with van der Waals surface area (Å²) in [6.45, 7) is 1.01. The van der Waals surface area contributed by atoms with Crippen LogP contribution >= 0.6 is 15.9 Å². The van der Waals surface area contributed by atoms with Crippen molar-refractivity contribution < 1.29 is 14.6 Å². The molecule has 4 nitrogen and oxygen atoms in total. The summed E-state index contributed by atoms with van der Waals surface area (Å²) < 4.78 is 6.95. The first-order valence-corrected chi connectivity index (χ1v) is 8.93. The van der Waals surface area contributed by atoms with Crippen LogP contribution in [0.25, 0.3) is 0 Å². The van der Waals surface area contributed by atoms with Crippen molar-refractivity contribution in [2.75, 3.05) is 5.32 Å². The highest BCUT2D eigenvalue weighted by molar-refractivity contribution is 9.10.